The summed E-state index contributed by atoms with van der Waals surface area (Å²) in [5.41, 5.74) is 2.18. The number of amides is 1. The minimum atomic E-state index is -3.59. The van der Waals surface area contributed by atoms with E-state index < -0.39 is 10.0 Å². The van der Waals surface area contributed by atoms with Crippen LogP contribution < -0.4 is 5.32 Å². The summed E-state index contributed by atoms with van der Waals surface area (Å²) in [7, 11) is -3.59. The lowest BCUT2D eigenvalue weighted by atomic mass is 9.98. The molecule has 144 valence electrons. The molecule has 27 heavy (non-hydrogen) atoms. The van der Waals surface area contributed by atoms with Gasteiger partial charge < -0.3 is 5.32 Å². The van der Waals surface area contributed by atoms with Crippen molar-refractivity contribution in [1.82, 2.24) is 9.62 Å². The monoisotopic (exact) mass is 450 g/mol. The summed E-state index contributed by atoms with van der Waals surface area (Å²) < 4.78 is 28.0. The molecule has 0 radical (unpaired) electrons. The van der Waals surface area contributed by atoms with Crippen molar-refractivity contribution in [2.75, 3.05) is 13.1 Å². The first kappa shape index (κ1) is 20.0. The minimum Gasteiger partial charge on any atom is -0.352 e. The van der Waals surface area contributed by atoms with Gasteiger partial charge in [-0.1, -0.05) is 45.8 Å². The third-order valence-electron chi connectivity index (χ3n) is 4.76. The molecule has 1 fully saturated rings. The highest BCUT2D eigenvalue weighted by molar-refractivity contribution is 9.10. The van der Waals surface area contributed by atoms with Gasteiger partial charge in [0.15, 0.2) is 0 Å². The van der Waals surface area contributed by atoms with Crippen LogP contribution in [0.5, 0.6) is 0 Å². The van der Waals surface area contributed by atoms with E-state index in [2.05, 4.69) is 21.2 Å². The lowest BCUT2D eigenvalue weighted by molar-refractivity contribution is -0.126. The first-order chi connectivity index (χ1) is 12.9. The number of sulfonamides is 1. The fourth-order valence-corrected chi connectivity index (χ4v) is 5.07. The predicted molar refractivity (Wildman–Crippen MR) is 109 cm³/mol. The SMILES string of the molecule is Cc1cccc(CNC(=O)[C@@H]2CCCN(S(=O)(=O)c3ccc(Br)cc3)C2)c1. The minimum absolute atomic E-state index is 0.0905. The van der Waals surface area contributed by atoms with Crippen LogP contribution in [0.2, 0.25) is 0 Å². The number of nitrogens with zero attached hydrogens (tertiary/aromatic N) is 1. The molecule has 1 N–H and O–H groups in total. The molecule has 1 amide bonds. The van der Waals surface area contributed by atoms with Crippen molar-refractivity contribution >= 4 is 31.9 Å². The number of carbonyl (C=O) groups is 1. The van der Waals surface area contributed by atoms with Gasteiger partial charge in [-0.15, -0.1) is 0 Å². The van der Waals surface area contributed by atoms with E-state index in [0.717, 1.165) is 15.6 Å². The highest BCUT2D eigenvalue weighted by Crippen LogP contribution is 2.25. The molecule has 0 aromatic heterocycles. The number of halogens is 1. The van der Waals surface area contributed by atoms with E-state index in [1.54, 1.807) is 24.3 Å². The van der Waals surface area contributed by atoms with Crippen molar-refractivity contribution in [2.24, 2.45) is 5.92 Å². The van der Waals surface area contributed by atoms with Crippen molar-refractivity contribution < 1.29 is 13.2 Å². The fourth-order valence-electron chi connectivity index (χ4n) is 3.29. The van der Waals surface area contributed by atoms with E-state index in [1.165, 1.54) is 4.31 Å². The van der Waals surface area contributed by atoms with Crippen molar-refractivity contribution in [1.29, 1.82) is 0 Å². The number of hydrogen-bond donors (Lipinski definition) is 1. The number of carbonyl (C=O) groups excluding carboxylic acids is 1. The molecule has 0 bridgehead atoms. The van der Waals surface area contributed by atoms with Crippen LogP contribution in [0.1, 0.15) is 24.0 Å². The zero-order chi connectivity index (χ0) is 19.4. The Hall–Kier alpha value is -1.70. The molecule has 1 aliphatic heterocycles. The van der Waals surface area contributed by atoms with Crippen LogP contribution in [0, 0.1) is 12.8 Å². The molecule has 7 heteroatoms. The number of hydrogen-bond acceptors (Lipinski definition) is 3. The van der Waals surface area contributed by atoms with Gasteiger partial charge in [-0.2, -0.15) is 4.31 Å². The number of rotatable bonds is 5. The first-order valence-corrected chi connectivity index (χ1v) is 11.2. The van der Waals surface area contributed by atoms with Gasteiger partial charge in [0.05, 0.1) is 10.8 Å². The summed E-state index contributed by atoms with van der Waals surface area (Å²) >= 11 is 3.32. The zero-order valence-corrected chi connectivity index (χ0v) is 17.6. The van der Waals surface area contributed by atoms with Gasteiger partial charge in [0, 0.05) is 24.1 Å². The van der Waals surface area contributed by atoms with E-state index in [4.69, 9.17) is 0 Å². The molecule has 5 nitrogen and oxygen atoms in total. The molecule has 1 saturated heterocycles. The highest BCUT2D eigenvalue weighted by atomic mass is 79.9. The number of benzene rings is 2. The summed E-state index contributed by atoms with van der Waals surface area (Å²) in [6.07, 6.45) is 1.38. The second-order valence-electron chi connectivity index (χ2n) is 6.86. The molecule has 0 saturated carbocycles. The Bertz CT molecular complexity index is 913. The Morgan fingerprint density at radius 2 is 1.96 bits per heavy atom. The lowest BCUT2D eigenvalue weighted by Crippen LogP contribution is -2.45. The summed E-state index contributed by atoms with van der Waals surface area (Å²) in [4.78, 5) is 12.8. The largest absolute Gasteiger partial charge is 0.352 e. The highest BCUT2D eigenvalue weighted by Gasteiger charge is 2.33. The average Bonchev–Trinajstić information content (AvgIpc) is 2.66. The zero-order valence-electron chi connectivity index (χ0n) is 15.2. The molecule has 0 aliphatic carbocycles. The van der Waals surface area contributed by atoms with Gasteiger partial charge in [0.25, 0.3) is 0 Å². The standard InChI is InChI=1S/C20H23BrN2O3S/c1-15-4-2-5-16(12-15)13-22-20(24)17-6-3-11-23(14-17)27(25,26)19-9-7-18(21)8-10-19/h2,4-5,7-10,12,17H,3,6,11,13-14H2,1H3,(H,22,24)/t17-/m1/s1. The van der Waals surface area contributed by atoms with Crippen LogP contribution in [0.25, 0.3) is 0 Å². The summed E-state index contributed by atoms with van der Waals surface area (Å²) in [6, 6.07) is 14.6. The summed E-state index contributed by atoms with van der Waals surface area (Å²) in [5.74, 6) is -0.416. The van der Waals surface area contributed by atoms with Crippen molar-refractivity contribution in [2.45, 2.75) is 31.2 Å². The topological polar surface area (TPSA) is 66.5 Å². The van der Waals surface area contributed by atoms with E-state index >= 15 is 0 Å². The molecular formula is C20H23BrN2O3S. The number of aryl methyl sites for hydroxylation is 1. The van der Waals surface area contributed by atoms with Crippen LogP contribution in [0.4, 0.5) is 0 Å². The van der Waals surface area contributed by atoms with Gasteiger partial charge in [-0.25, -0.2) is 8.42 Å². The average molecular weight is 451 g/mol. The van der Waals surface area contributed by atoms with Crippen LogP contribution in [0.3, 0.4) is 0 Å². The predicted octanol–water partition coefficient (Wildman–Crippen LogP) is 3.47. The quantitative estimate of drug-likeness (QED) is 0.757. The lowest BCUT2D eigenvalue weighted by Gasteiger charge is -2.31. The molecule has 2 aromatic rings. The molecule has 1 heterocycles. The Balaban J connectivity index is 1.64. The molecule has 0 unspecified atom stereocenters. The molecule has 0 spiro atoms. The van der Waals surface area contributed by atoms with Crippen LogP contribution in [0.15, 0.2) is 57.9 Å². The maximum Gasteiger partial charge on any atom is 0.243 e. The number of piperidine rings is 1. The van der Waals surface area contributed by atoms with Crippen molar-refractivity contribution in [3.63, 3.8) is 0 Å². The molecule has 1 atom stereocenters. The van der Waals surface area contributed by atoms with Crippen LogP contribution in [-0.2, 0) is 21.4 Å². The summed E-state index contributed by atoms with van der Waals surface area (Å²) in [6.45, 7) is 3.13. The molecule has 1 aliphatic rings. The van der Waals surface area contributed by atoms with E-state index in [9.17, 15) is 13.2 Å². The van der Waals surface area contributed by atoms with Gasteiger partial charge in [0.1, 0.15) is 0 Å². The van der Waals surface area contributed by atoms with Gasteiger partial charge in [-0.3, -0.25) is 4.79 Å². The number of nitrogens with one attached hydrogen (secondary N) is 1. The van der Waals surface area contributed by atoms with E-state index in [1.807, 2.05) is 31.2 Å². The molecule has 3 rings (SSSR count). The van der Waals surface area contributed by atoms with Crippen molar-refractivity contribution in [3.8, 4) is 0 Å². The normalized spacial score (nSPS) is 18.2. The van der Waals surface area contributed by atoms with Gasteiger partial charge in [0.2, 0.25) is 15.9 Å². The maximum atomic E-state index is 12.9. The first-order valence-electron chi connectivity index (χ1n) is 8.95. The molecule has 2 aromatic carbocycles. The Kier molecular flexibility index (Phi) is 6.34. The summed E-state index contributed by atoms with van der Waals surface area (Å²) in [5, 5.41) is 2.95. The van der Waals surface area contributed by atoms with Crippen LogP contribution in [-0.4, -0.2) is 31.7 Å². The second kappa shape index (κ2) is 8.54. The Morgan fingerprint density at radius 1 is 1.22 bits per heavy atom. The van der Waals surface area contributed by atoms with Crippen molar-refractivity contribution in [3.05, 3.63) is 64.1 Å². The molecular weight excluding hydrogens is 428 g/mol. The van der Waals surface area contributed by atoms with Crippen LogP contribution >= 0.6 is 15.9 Å². The third kappa shape index (κ3) is 4.97. The Labute approximate surface area is 169 Å². The second-order valence-corrected chi connectivity index (χ2v) is 9.72. The third-order valence-corrected chi connectivity index (χ3v) is 7.16. The van der Waals surface area contributed by atoms with Gasteiger partial charge in [-0.05, 0) is 49.6 Å². The fraction of sp³-hybridized carbons (Fsp3) is 0.350. The maximum absolute atomic E-state index is 12.9. The van der Waals surface area contributed by atoms with E-state index in [-0.39, 0.29) is 23.3 Å². The van der Waals surface area contributed by atoms with Gasteiger partial charge >= 0.3 is 0 Å². The smallest absolute Gasteiger partial charge is 0.243 e. The van der Waals surface area contributed by atoms with E-state index in [0.29, 0.717) is 25.9 Å². The Morgan fingerprint density at radius 3 is 2.67 bits per heavy atom.